The van der Waals surface area contributed by atoms with Crippen molar-refractivity contribution in [2.45, 2.75) is 51.4 Å². The number of aromatic nitrogens is 3. The molecule has 1 heterocycles. The van der Waals surface area contributed by atoms with Crippen LogP contribution in [0, 0.1) is 0 Å². The third kappa shape index (κ3) is 4.98. The minimum Gasteiger partial charge on any atom is -0.351 e. The van der Waals surface area contributed by atoms with Crippen LogP contribution < -0.4 is 5.32 Å². The van der Waals surface area contributed by atoms with Crippen molar-refractivity contribution >= 4 is 29.3 Å². The number of benzene rings is 1. The maximum atomic E-state index is 12.1. The van der Waals surface area contributed by atoms with Crippen molar-refractivity contribution in [3.63, 3.8) is 0 Å². The summed E-state index contributed by atoms with van der Waals surface area (Å²) < 4.78 is 2.10. The first-order chi connectivity index (χ1) is 11.4. The lowest BCUT2D eigenvalue weighted by molar-refractivity contribution is -0.118. The van der Waals surface area contributed by atoms with Gasteiger partial charge < -0.3 is 9.88 Å². The number of carbonyl (C=O) groups excluding carboxylic acids is 1. The van der Waals surface area contributed by atoms with Crippen LogP contribution in [0.2, 0.25) is 5.02 Å². The molecule has 0 fully saturated rings. The van der Waals surface area contributed by atoms with E-state index in [2.05, 4.69) is 47.8 Å². The van der Waals surface area contributed by atoms with E-state index in [-0.39, 0.29) is 11.9 Å². The fourth-order valence-corrected chi connectivity index (χ4v) is 3.28. The Bertz CT molecular complexity index is 682. The van der Waals surface area contributed by atoms with Gasteiger partial charge in [-0.2, -0.15) is 0 Å². The molecule has 0 aliphatic heterocycles. The van der Waals surface area contributed by atoms with Gasteiger partial charge in [-0.05, 0) is 31.5 Å². The second kappa shape index (κ2) is 8.53. The molecule has 0 unspecified atom stereocenters. The first-order valence-corrected chi connectivity index (χ1v) is 9.33. The standard InChI is InChI=1S/C17H23ClN4OS/c1-11(2)16-20-21-17(22(16)12(3)4)24-10-15(23)19-9-13-5-7-14(18)8-6-13/h5-8,11-12H,9-10H2,1-4H3,(H,19,23). The monoisotopic (exact) mass is 366 g/mol. The van der Waals surface area contributed by atoms with Crippen molar-refractivity contribution in [2.75, 3.05) is 5.75 Å². The van der Waals surface area contributed by atoms with Gasteiger partial charge in [-0.3, -0.25) is 4.79 Å². The number of nitrogens with zero attached hydrogens (tertiary/aromatic N) is 3. The minimum absolute atomic E-state index is 0.0284. The van der Waals surface area contributed by atoms with Crippen molar-refractivity contribution in [3.8, 4) is 0 Å². The van der Waals surface area contributed by atoms with Gasteiger partial charge in [-0.1, -0.05) is 49.3 Å². The molecule has 0 bridgehead atoms. The first kappa shape index (κ1) is 18.8. The van der Waals surface area contributed by atoms with E-state index in [1.807, 2.05) is 24.3 Å². The smallest absolute Gasteiger partial charge is 0.230 e. The number of hydrogen-bond donors (Lipinski definition) is 1. The molecule has 130 valence electrons. The van der Waals surface area contributed by atoms with E-state index in [1.54, 1.807) is 0 Å². The molecule has 0 saturated heterocycles. The first-order valence-electron chi connectivity index (χ1n) is 7.97. The van der Waals surface area contributed by atoms with Gasteiger partial charge in [0.15, 0.2) is 5.16 Å². The van der Waals surface area contributed by atoms with E-state index in [4.69, 9.17) is 11.6 Å². The Morgan fingerprint density at radius 3 is 2.46 bits per heavy atom. The van der Waals surface area contributed by atoms with E-state index >= 15 is 0 Å². The van der Waals surface area contributed by atoms with Crippen LogP contribution in [-0.2, 0) is 11.3 Å². The van der Waals surface area contributed by atoms with E-state index in [0.717, 1.165) is 16.5 Å². The largest absolute Gasteiger partial charge is 0.351 e. The molecule has 0 saturated carbocycles. The normalized spacial score (nSPS) is 11.3. The Balaban J connectivity index is 1.91. The number of hydrogen-bond acceptors (Lipinski definition) is 4. The molecule has 0 spiro atoms. The summed E-state index contributed by atoms with van der Waals surface area (Å²) in [6.07, 6.45) is 0. The molecule has 1 amide bonds. The number of amides is 1. The van der Waals surface area contributed by atoms with Crippen molar-refractivity contribution in [3.05, 3.63) is 40.7 Å². The van der Waals surface area contributed by atoms with Crippen molar-refractivity contribution < 1.29 is 4.79 Å². The van der Waals surface area contributed by atoms with Gasteiger partial charge in [0.25, 0.3) is 0 Å². The van der Waals surface area contributed by atoms with Crippen LogP contribution in [0.15, 0.2) is 29.4 Å². The van der Waals surface area contributed by atoms with Crippen molar-refractivity contribution in [1.82, 2.24) is 20.1 Å². The maximum absolute atomic E-state index is 12.1. The van der Waals surface area contributed by atoms with Crippen molar-refractivity contribution in [1.29, 1.82) is 0 Å². The van der Waals surface area contributed by atoms with Crippen LogP contribution in [0.5, 0.6) is 0 Å². The van der Waals surface area contributed by atoms with Crippen LogP contribution in [0.25, 0.3) is 0 Å². The maximum Gasteiger partial charge on any atom is 0.230 e. The Kier molecular flexibility index (Phi) is 6.69. The van der Waals surface area contributed by atoms with Crippen LogP contribution in [0.1, 0.15) is 51.0 Å². The Labute approximate surface area is 152 Å². The molecular formula is C17H23ClN4OS. The zero-order chi connectivity index (χ0) is 17.7. The number of halogens is 1. The van der Waals surface area contributed by atoms with E-state index < -0.39 is 0 Å². The van der Waals surface area contributed by atoms with E-state index in [9.17, 15) is 4.79 Å². The summed E-state index contributed by atoms with van der Waals surface area (Å²) in [5, 5.41) is 12.9. The quantitative estimate of drug-likeness (QED) is 0.751. The second-order valence-corrected chi connectivity index (χ2v) is 7.53. The molecule has 7 heteroatoms. The minimum atomic E-state index is -0.0284. The Morgan fingerprint density at radius 1 is 1.21 bits per heavy atom. The molecule has 5 nitrogen and oxygen atoms in total. The Hall–Kier alpha value is -1.53. The molecule has 24 heavy (non-hydrogen) atoms. The molecule has 0 aliphatic carbocycles. The van der Waals surface area contributed by atoms with Gasteiger partial charge in [0, 0.05) is 23.5 Å². The average Bonchev–Trinajstić information content (AvgIpc) is 2.97. The predicted octanol–water partition coefficient (Wildman–Crippen LogP) is 4.04. The van der Waals surface area contributed by atoms with Gasteiger partial charge >= 0.3 is 0 Å². The summed E-state index contributed by atoms with van der Waals surface area (Å²) in [6.45, 7) is 8.87. The number of thioether (sulfide) groups is 1. The molecule has 0 radical (unpaired) electrons. The van der Waals surface area contributed by atoms with Crippen LogP contribution >= 0.6 is 23.4 Å². The molecule has 2 aromatic rings. The molecule has 0 aliphatic rings. The zero-order valence-corrected chi connectivity index (χ0v) is 16.0. The summed E-state index contributed by atoms with van der Waals surface area (Å²) in [5.74, 6) is 1.54. The predicted molar refractivity (Wildman–Crippen MR) is 98.5 cm³/mol. The summed E-state index contributed by atoms with van der Waals surface area (Å²) in [5.41, 5.74) is 1.02. The van der Waals surface area contributed by atoms with Crippen LogP contribution in [0.3, 0.4) is 0 Å². The van der Waals surface area contributed by atoms with Crippen LogP contribution in [-0.4, -0.2) is 26.4 Å². The topological polar surface area (TPSA) is 59.8 Å². The highest BCUT2D eigenvalue weighted by molar-refractivity contribution is 7.99. The SMILES string of the molecule is CC(C)c1nnc(SCC(=O)NCc2ccc(Cl)cc2)n1C(C)C. The zero-order valence-electron chi connectivity index (χ0n) is 14.4. The summed E-state index contributed by atoms with van der Waals surface area (Å²) in [6, 6.07) is 7.70. The summed E-state index contributed by atoms with van der Waals surface area (Å²) >= 11 is 7.27. The molecule has 1 aromatic heterocycles. The van der Waals surface area contributed by atoms with E-state index in [1.165, 1.54) is 11.8 Å². The number of rotatable bonds is 7. The fraction of sp³-hybridized carbons (Fsp3) is 0.471. The van der Waals surface area contributed by atoms with Crippen molar-refractivity contribution in [2.24, 2.45) is 0 Å². The average molecular weight is 367 g/mol. The molecule has 1 aromatic carbocycles. The third-order valence-electron chi connectivity index (χ3n) is 3.46. The molecule has 0 atom stereocenters. The van der Waals surface area contributed by atoms with Gasteiger partial charge in [0.2, 0.25) is 5.91 Å². The second-order valence-electron chi connectivity index (χ2n) is 6.15. The summed E-state index contributed by atoms with van der Waals surface area (Å²) in [7, 11) is 0. The summed E-state index contributed by atoms with van der Waals surface area (Å²) in [4.78, 5) is 12.1. The fourth-order valence-electron chi connectivity index (χ4n) is 2.25. The lowest BCUT2D eigenvalue weighted by atomic mass is 10.2. The van der Waals surface area contributed by atoms with Gasteiger partial charge in [0.1, 0.15) is 5.82 Å². The van der Waals surface area contributed by atoms with Gasteiger partial charge in [0.05, 0.1) is 5.75 Å². The molecule has 1 N–H and O–H groups in total. The van der Waals surface area contributed by atoms with Gasteiger partial charge in [-0.15, -0.1) is 10.2 Å². The number of carbonyl (C=O) groups is 1. The Morgan fingerprint density at radius 2 is 1.88 bits per heavy atom. The van der Waals surface area contributed by atoms with Gasteiger partial charge in [-0.25, -0.2) is 0 Å². The number of nitrogens with one attached hydrogen (secondary N) is 1. The molecule has 2 rings (SSSR count). The van der Waals surface area contributed by atoms with E-state index in [0.29, 0.717) is 23.2 Å². The third-order valence-corrected chi connectivity index (χ3v) is 4.65. The lowest BCUT2D eigenvalue weighted by Crippen LogP contribution is -2.24. The highest BCUT2D eigenvalue weighted by Gasteiger charge is 2.18. The lowest BCUT2D eigenvalue weighted by Gasteiger charge is -2.15. The van der Waals surface area contributed by atoms with Crippen LogP contribution in [0.4, 0.5) is 0 Å². The highest BCUT2D eigenvalue weighted by Crippen LogP contribution is 2.25. The highest BCUT2D eigenvalue weighted by atomic mass is 35.5. The molecular weight excluding hydrogens is 344 g/mol.